The molecule has 0 aliphatic carbocycles. The summed E-state index contributed by atoms with van der Waals surface area (Å²) in [5.41, 5.74) is 3.82. The van der Waals surface area contributed by atoms with E-state index < -0.39 is 18.5 Å². The molecule has 0 fully saturated rings. The van der Waals surface area contributed by atoms with Crippen molar-refractivity contribution in [2.75, 3.05) is 25.0 Å². The molecule has 4 aromatic rings. The normalized spacial score (nSPS) is 10.8. The highest BCUT2D eigenvalue weighted by molar-refractivity contribution is 6.06. The highest BCUT2D eigenvalue weighted by Gasteiger charge is 2.21. The maximum atomic E-state index is 13.1. The van der Waals surface area contributed by atoms with Gasteiger partial charge in [0.05, 0.1) is 22.3 Å². The first-order valence-electron chi connectivity index (χ1n) is 12.1. The van der Waals surface area contributed by atoms with Crippen LogP contribution in [-0.4, -0.2) is 57.1 Å². The standard InChI is InChI=1S/C28H29N5O4/c1-5-33(6-2)27(35)20-13-10-14-21(15-20)29-24(34)17-37-28(36)22-16-23(19-11-8-7-9-12-19)30-26-25(22)18(3)31-32(26)4/h7-16H,5-6,17H2,1-4H3,(H,29,34). The SMILES string of the molecule is CCN(CC)C(=O)c1cccc(NC(=O)COC(=O)c2cc(-c3ccccc3)nc3c2c(C)nn3C)c1. The average Bonchev–Trinajstić information content (AvgIpc) is 3.21. The van der Waals surface area contributed by atoms with Crippen LogP contribution < -0.4 is 5.32 Å². The lowest BCUT2D eigenvalue weighted by Gasteiger charge is -2.19. The van der Waals surface area contributed by atoms with Crippen LogP contribution in [0.15, 0.2) is 60.7 Å². The number of amides is 2. The van der Waals surface area contributed by atoms with Crippen molar-refractivity contribution in [1.82, 2.24) is 19.7 Å². The maximum absolute atomic E-state index is 13.1. The number of carbonyl (C=O) groups excluding carboxylic acids is 3. The van der Waals surface area contributed by atoms with Gasteiger partial charge in [0, 0.05) is 37.0 Å². The summed E-state index contributed by atoms with van der Waals surface area (Å²) in [7, 11) is 1.76. The number of esters is 1. The first kappa shape index (κ1) is 25.6. The van der Waals surface area contributed by atoms with E-state index in [0.29, 0.717) is 46.8 Å². The Kier molecular flexibility index (Phi) is 7.62. The topological polar surface area (TPSA) is 106 Å². The van der Waals surface area contributed by atoms with E-state index in [-0.39, 0.29) is 11.5 Å². The van der Waals surface area contributed by atoms with Crippen LogP contribution in [-0.2, 0) is 16.6 Å². The monoisotopic (exact) mass is 499 g/mol. The second-order valence-electron chi connectivity index (χ2n) is 8.51. The third-order valence-corrected chi connectivity index (χ3v) is 6.04. The Balaban J connectivity index is 1.51. The summed E-state index contributed by atoms with van der Waals surface area (Å²) in [6.07, 6.45) is 0. The van der Waals surface area contributed by atoms with E-state index in [1.54, 1.807) is 53.9 Å². The van der Waals surface area contributed by atoms with Crippen LogP contribution in [0.1, 0.15) is 40.3 Å². The van der Waals surface area contributed by atoms with Crippen LogP contribution >= 0.6 is 0 Å². The largest absolute Gasteiger partial charge is 0.452 e. The number of ether oxygens (including phenoxy) is 1. The Bertz CT molecular complexity index is 1460. The highest BCUT2D eigenvalue weighted by atomic mass is 16.5. The first-order chi connectivity index (χ1) is 17.8. The number of pyridine rings is 1. The van der Waals surface area contributed by atoms with Crippen LogP contribution in [0.25, 0.3) is 22.3 Å². The zero-order valence-corrected chi connectivity index (χ0v) is 21.3. The van der Waals surface area contributed by atoms with E-state index >= 15 is 0 Å². The predicted octanol–water partition coefficient (Wildman–Crippen LogP) is 4.22. The van der Waals surface area contributed by atoms with E-state index in [9.17, 15) is 14.4 Å². The van der Waals surface area contributed by atoms with Gasteiger partial charge in [0.1, 0.15) is 0 Å². The van der Waals surface area contributed by atoms with Crippen molar-refractivity contribution in [1.29, 1.82) is 0 Å². The van der Waals surface area contributed by atoms with Crippen molar-refractivity contribution in [2.24, 2.45) is 7.05 Å². The summed E-state index contributed by atoms with van der Waals surface area (Å²) >= 11 is 0. The van der Waals surface area contributed by atoms with Crippen LogP contribution in [0.2, 0.25) is 0 Å². The van der Waals surface area contributed by atoms with Crippen molar-refractivity contribution >= 4 is 34.5 Å². The fraction of sp³-hybridized carbons (Fsp3) is 0.250. The van der Waals surface area contributed by atoms with Crippen molar-refractivity contribution < 1.29 is 19.1 Å². The molecule has 4 rings (SSSR count). The summed E-state index contributed by atoms with van der Waals surface area (Å²) in [5, 5.41) is 7.67. The third kappa shape index (κ3) is 5.50. The summed E-state index contributed by atoms with van der Waals surface area (Å²) in [6.45, 7) is 6.31. The summed E-state index contributed by atoms with van der Waals surface area (Å²) in [4.78, 5) is 44.7. The van der Waals surface area contributed by atoms with Crippen molar-refractivity contribution in [3.05, 3.63) is 77.5 Å². The van der Waals surface area contributed by atoms with Gasteiger partial charge in [0.15, 0.2) is 12.3 Å². The van der Waals surface area contributed by atoms with E-state index in [0.717, 1.165) is 5.56 Å². The number of nitrogens with one attached hydrogen (secondary N) is 1. The van der Waals surface area contributed by atoms with Crippen LogP contribution in [0.4, 0.5) is 5.69 Å². The molecule has 2 aromatic heterocycles. The molecule has 0 radical (unpaired) electrons. The van der Waals surface area contributed by atoms with Gasteiger partial charge in [-0.2, -0.15) is 5.10 Å². The number of fused-ring (bicyclic) bond motifs is 1. The van der Waals surface area contributed by atoms with E-state index in [1.807, 2.05) is 44.2 Å². The number of carbonyl (C=O) groups is 3. The second kappa shape index (κ2) is 11.0. The number of benzene rings is 2. The molecule has 0 spiro atoms. The molecule has 0 atom stereocenters. The molecule has 2 amide bonds. The molecule has 2 aromatic carbocycles. The molecule has 0 aliphatic rings. The van der Waals surface area contributed by atoms with Crippen molar-refractivity contribution in [2.45, 2.75) is 20.8 Å². The van der Waals surface area contributed by atoms with E-state index in [4.69, 9.17) is 4.74 Å². The Labute approximate surface area is 215 Å². The molecule has 1 N–H and O–H groups in total. The molecule has 0 aliphatic heterocycles. The quantitative estimate of drug-likeness (QED) is 0.364. The molecular formula is C28H29N5O4. The molecule has 0 unspecified atom stereocenters. The Hall–Kier alpha value is -4.53. The molecule has 9 nitrogen and oxygen atoms in total. The minimum absolute atomic E-state index is 0.115. The van der Waals surface area contributed by atoms with Gasteiger partial charge in [-0.05, 0) is 45.0 Å². The zero-order chi connectivity index (χ0) is 26.5. The molecular weight excluding hydrogens is 470 g/mol. The van der Waals surface area contributed by atoms with Crippen molar-refractivity contribution in [3.8, 4) is 11.3 Å². The highest BCUT2D eigenvalue weighted by Crippen LogP contribution is 2.27. The summed E-state index contributed by atoms with van der Waals surface area (Å²) in [5.74, 6) is -1.28. The predicted molar refractivity (Wildman–Crippen MR) is 141 cm³/mol. The molecule has 9 heteroatoms. The number of anilines is 1. The summed E-state index contributed by atoms with van der Waals surface area (Å²) in [6, 6.07) is 17.8. The number of hydrogen-bond acceptors (Lipinski definition) is 6. The minimum Gasteiger partial charge on any atom is -0.452 e. The number of nitrogens with zero attached hydrogens (tertiary/aromatic N) is 4. The smallest absolute Gasteiger partial charge is 0.339 e. The lowest BCUT2D eigenvalue weighted by atomic mass is 10.1. The fourth-order valence-electron chi connectivity index (χ4n) is 4.19. The molecule has 0 saturated heterocycles. The molecule has 37 heavy (non-hydrogen) atoms. The first-order valence-corrected chi connectivity index (χ1v) is 12.1. The fourth-order valence-corrected chi connectivity index (χ4v) is 4.19. The van der Waals surface area contributed by atoms with Crippen LogP contribution in [0.5, 0.6) is 0 Å². The lowest BCUT2D eigenvalue weighted by Crippen LogP contribution is -2.30. The molecule has 190 valence electrons. The molecule has 2 heterocycles. The zero-order valence-electron chi connectivity index (χ0n) is 21.3. The second-order valence-corrected chi connectivity index (χ2v) is 8.51. The maximum Gasteiger partial charge on any atom is 0.339 e. The van der Waals surface area contributed by atoms with E-state index in [1.165, 1.54) is 0 Å². The average molecular weight is 500 g/mol. The number of hydrogen-bond donors (Lipinski definition) is 1. The van der Waals surface area contributed by atoms with Crippen LogP contribution in [0.3, 0.4) is 0 Å². The Morgan fingerprint density at radius 2 is 1.73 bits per heavy atom. The van der Waals surface area contributed by atoms with E-state index in [2.05, 4.69) is 15.4 Å². The van der Waals surface area contributed by atoms with Gasteiger partial charge in [-0.25, -0.2) is 9.78 Å². The lowest BCUT2D eigenvalue weighted by molar-refractivity contribution is -0.119. The Morgan fingerprint density at radius 3 is 2.43 bits per heavy atom. The molecule has 0 bridgehead atoms. The van der Waals surface area contributed by atoms with Crippen LogP contribution in [0, 0.1) is 6.92 Å². The number of aromatic nitrogens is 3. The van der Waals surface area contributed by atoms with Gasteiger partial charge in [0.2, 0.25) is 0 Å². The van der Waals surface area contributed by atoms with Gasteiger partial charge < -0.3 is 15.0 Å². The van der Waals surface area contributed by atoms with Gasteiger partial charge in [-0.15, -0.1) is 0 Å². The Morgan fingerprint density at radius 1 is 1.00 bits per heavy atom. The molecule has 0 saturated carbocycles. The number of aryl methyl sites for hydroxylation is 2. The minimum atomic E-state index is -0.652. The van der Waals surface area contributed by atoms with Crippen molar-refractivity contribution in [3.63, 3.8) is 0 Å². The van der Waals surface area contributed by atoms with Gasteiger partial charge in [0.25, 0.3) is 11.8 Å². The van der Waals surface area contributed by atoms with Gasteiger partial charge in [-0.1, -0.05) is 36.4 Å². The summed E-state index contributed by atoms with van der Waals surface area (Å²) < 4.78 is 7.00. The van der Waals surface area contributed by atoms with Gasteiger partial charge >= 0.3 is 5.97 Å². The third-order valence-electron chi connectivity index (χ3n) is 6.04. The van der Waals surface area contributed by atoms with Gasteiger partial charge in [-0.3, -0.25) is 14.3 Å². The number of rotatable bonds is 8.